The predicted molar refractivity (Wildman–Crippen MR) is 58.0 cm³/mol. The van der Waals surface area contributed by atoms with E-state index in [0.717, 1.165) is 18.7 Å². The fourth-order valence-electron chi connectivity index (χ4n) is 1.50. The minimum atomic E-state index is 1.04. The molecular formula is C12H14N2. The van der Waals surface area contributed by atoms with Crippen LogP contribution in [0, 0.1) is 0 Å². The van der Waals surface area contributed by atoms with Crippen LogP contribution in [0.1, 0.15) is 13.3 Å². The molecule has 0 bridgehead atoms. The van der Waals surface area contributed by atoms with Crippen molar-refractivity contribution in [2.45, 2.75) is 19.9 Å². The molecule has 0 atom stereocenters. The lowest BCUT2D eigenvalue weighted by molar-refractivity contribution is 0.678. The van der Waals surface area contributed by atoms with E-state index in [1.807, 2.05) is 24.5 Å². The molecule has 0 unspecified atom stereocenters. The second-order valence-corrected chi connectivity index (χ2v) is 3.36. The third-order valence-corrected chi connectivity index (χ3v) is 2.18. The Kier molecular flexibility index (Phi) is 2.63. The molecule has 0 N–H and O–H groups in total. The van der Waals surface area contributed by atoms with Crippen LogP contribution in [0.5, 0.6) is 0 Å². The van der Waals surface area contributed by atoms with Gasteiger partial charge in [-0.3, -0.25) is 0 Å². The first-order valence-corrected chi connectivity index (χ1v) is 4.97. The van der Waals surface area contributed by atoms with E-state index in [1.165, 1.54) is 5.56 Å². The summed E-state index contributed by atoms with van der Waals surface area (Å²) in [6.07, 6.45) is 5.13. The molecule has 1 aromatic heterocycles. The highest BCUT2D eigenvalue weighted by molar-refractivity contribution is 5.57. The summed E-state index contributed by atoms with van der Waals surface area (Å²) < 4.78 is 2.13. The van der Waals surface area contributed by atoms with Crippen LogP contribution in [0.2, 0.25) is 0 Å². The molecule has 1 aromatic carbocycles. The summed E-state index contributed by atoms with van der Waals surface area (Å²) in [4.78, 5) is 4.37. The Morgan fingerprint density at radius 1 is 1.21 bits per heavy atom. The average molecular weight is 186 g/mol. The summed E-state index contributed by atoms with van der Waals surface area (Å²) in [5.74, 6) is 0. The quantitative estimate of drug-likeness (QED) is 0.720. The topological polar surface area (TPSA) is 17.8 Å². The summed E-state index contributed by atoms with van der Waals surface area (Å²) in [6, 6.07) is 10.3. The highest BCUT2D eigenvalue weighted by atomic mass is 15.0. The van der Waals surface area contributed by atoms with E-state index in [4.69, 9.17) is 0 Å². The van der Waals surface area contributed by atoms with Crippen LogP contribution in [0.4, 0.5) is 0 Å². The average Bonchev–Trinajstić information content (AvgIpc) is 2.68. The van der Waals surface area contributed by atoms with Gasteiger partial charge in [0, 0.05) is 18.3 Å². The van der Waals surface area contributed by atoms with Crippen molar-refractivity contribution in [1.29, 1.82) is 0 Å². The lowest BCUT2D eigenvalue weighted by Gasteiger charge is -1.96. The molecule has 2 nitrogen and oxygen atoms in total. The molecule has 14 heavy (non-hydrogen) atoms. The molecular weight excluding hydrogens is 172 g/mol. The van der Waals surface area contributed by atoms with Crippen LogP contribution in [0.15, 0.2) is 42.9 Å². The highest BCUT2D eigenvalue weighted by Crippen LogP contribution is 2.15. The van der Waals surface area contributed by atoms with Gasteiger partial charge < -0.3 is 4.57 Å². The van der Waals surface area contributed by atoms with Gasteiger partial charge in [-0.05, 0) is 6.42 Å². The minimum Gasteiger partial charge on any atom is -0.337 e. The van der Waals surface area contributed by atoms with E-state index in [-0.39, 0.29) is 0 Å². The normalized spacial score (nSPS) is 10.4. The van der Waals surface area contributed by atoms with Crippen molar-refractivity contribution >= 4 is 0 Å². The molecule has 2 rings (SSSR count). The molecule has 0 radical (unpaired) electrons. The maximum Gasteiger partial charge on any atom is 0.0953 e. The van der Waals surface area contributed by atoms with E-state index in [0.29, 0.717) is 0 Å². The van der Waals surface area contributed by atoms with Crippen LogP contribution in [0.25, 0.3) is 11.3 Å². The molecule has 72 valence electrons. The van der Waals surface area contributed by atoms with E-state index in [2.05, 4.69) is 34.8 Å². The Morgan fingerprint density at radius 2 is 2.00 bits per heavy atom. The number of hydrogen-bond acceptors (Lipinski definition) is 1. The molecule has 0 fully saturated rings. The van der Waals surface area contributed by atoms with E-state index < -0.39 is 0 Å². The van der Waals surface area contributed by atoms with Gasteiger partial charge in [0.1, 0.15) is 0 Å². The third kappa shape index (κ3) is 1.84. The summed E-state index contributed by atoms with van der Waals surface area (Å²) in [5, 5.41) is 0. The number of aryl methyl sites for hydroxylation is 1. The molecule has 0 saturated carbocycles. The second kappa shape index (κ2) is 4.09. The van der Waals surface area contributed by atoms with Gasteiger partial charge in [0.15, 0.2) is 0 Å². The second-order valence-electron chi connectivity index (χ2n) is 3.36. The summed E-state index contributed by atoms with van der Waals surface area (Å²) in [5.41, 5.74) is 2.24. The fraction of sp³-hybridized carbons (Fsp3) is 0.250. The van der Waals surface area contributed by atoms with Crippen LogP contribution in [-0.2, 0) is 6.54 Å². The highest BCUT2D eigenvalue weighted by Gasteiger charge is 1.99. The van der Waals surface area contributed by atoms with Gasteiger partial charge in [0.2, 0.25) is 0 Å². The van der Waals surface area contributed by atoms with E-state index in [1.54, 1.807) is 0 Å². The number of rotatable bonds is 3. The van der Waals surface area contributed by atoms with Gasteiger partial charge in [-0.15, -0.1) is 0 Å². The van der Waals surface area contributed by atoms with Crippen molar-refractivity contribution in [3.05, 3.63) is 42.9 Å². The largest absolute Gasteiger partial charge is 0.337 e. The van der Waals surface area contributed by atoms with Crippen LogP contribution >= 0.6 is 0 Å². The fourth-order valence-corrected chi connectivity index (χ4v) is 1.50. The minimum absolute atomic E-state index is 1.04. The molecule has 0 aliphatic rings. The number of imidazole rings is 1. The molecule has 0 saturated heterocycles. The molecule has 0 aliphatic carbocycles. The van der Waals surface area contributed by atoms with Crippen molar-refractivity contribution < 1.29 is 0 Å². The van der Waals surface area contributed by atoms with Gasteiger partial charge >= 0.3 is 0 Å². The smallest absolute Gasteiger partial charge is 0.0953 e. The van der Waals surface area contributed by atoms with Crippen molar-refractivity contribution in [2.75, 3.05) is 0 Å². The lowest BCUT2D eigenvalue weighted by atomic mass is 10.2. The Balaban J connectivity index is 2.25. The van der Waals surface area contributed by atoms with Gasteiger partial charge in [0.25, 0.3) is 0 Å². The molecule has 2 heteroatoms. The van der Waals surface area contributed by atoms with Crippen LogP contribution in [0.3, 0.4) is 0 Å². The zero-order valence-corrected chi connectivity index (χ0v) is 8.35. The third-order valence-electron chi connectivity index (χ3n) is 2.18. The number of nitrogens with zero attached hydrogens (tertiary/aromatic N) is 2. The summed E-state index contributed by atoms with van der Waals surface area (Å²) in [7, 11) is 0. The number of hydrogen-bond donors (Lipinski definition) is 0. The predicted octanol–water partition coefficient (Wildman–Crippen LogP) is 2.96. The Hall–Kier alpha value is -1.57. The SMILES string of the molecule is CCCn1cnc(-c2ccccc2)c1. The molecule has 0 amide bonds. The van der Waals surface area contributed by atoms with Crippen molar-refractivity contribution in [1.82, 2.24) is 9.55 Å². The molecule has 2 aromatic rings. The first-order chi connectivity index (χ1) is 6.90. The lowest BCUT2D eigenvalue weighted by Crippen LogP contribution is -1.90. The Labute approximate surface area is 84.2 Å². The monoisotopic (exact) mass is 186 g/mol. The van der Waals surface area contributed by atoms with Gasteiger partial charge in [-0.2, -0.15) is 0 Å². The first kappa shape index (κ1) is 9.00. The maximum absolute atomic E-state index is 4.37. The summed E-state index contributed by atoms with van der Waals surface area (Å²) >= 11 is 0. The zero-order chi connectivity index (χ0) is 9.80. The van der Waals surface area contributed by atoms with Gasteiger partial charge in [0.05, 0.1) is 12.0 Å². The van der Waals surface area contributed by atoms with Crippen molar-refractivity contribution in [3.8, 4) is 11.3 Å². The van der Waals surface area contributed by atoms with E-state index in [9.17, 15) is 0 Å². The summed E-state index contributed by atoms with van der Waals surface area (Å²) in [6.45, 7) is 3.21. The van der Waals surface area contributed by atoms with Gasteiger partial charge in [-0.1, -0.05) is 37.3 Å². The van der Waals surface area contributed by atoms with E-state index >= 15 is 0 Å². The van der Waals surface area contributed by atoms with Crippen LogP contribution in [-0.4, -0.2) is 9.55 Å². The van der Waals surface area contributed by atoms with Crippen molar-refractivity contribution in [3.63, 3.8) is 0 Å². The molecule has 0 aliphatic heterocycles. The van der Waals surface area contributed by atoms with Crippen LogP contribution < -0.4 is 0 Å². The maximum atomic E-state index is 4.37. The molecule has 0 spiro atoms. The van der Waals surface area contributed by atoms with Crippen molar-refractivity contribution in [2.24, 2.45) is 0 Å². The Morgan fingerprint density at radius 3 is 2.71 bits per heavy atom. The standard InChI is InChI=1S/C12H14N2/c1-2-8-14-9-12(13-10-14)11-6-4-3-5-7-11/h3-7,9-10H,2,8H2,1H3. The molecule has 1 heterocycles. The first-order valence-electron chi connectivity index (χ1n) is 4.97. The number of benzene rings is 1. The number of aromatic nitrogens is 2. The Bertz CT molecular complexity index is 390. The van der Waals surface area contributed by atoms with Gasteiger partial charge in [-0.25, -0.2) is 4.98 Å². The zero-order valence-electron chi connectivity index (χ0n) is 8.35.